The molecule has 4 heteroatoms. The predicted octanol–water partition coefficient (Wildman–Crippen LogP) is 0.0775. The SMILES string of the molecule is COC(=O)C#CC(=O)NC(C)(C)C. The van der Waals surface area contributed by atoms with Crippen LogP contribution < -0.4 is 5.32 Å². The van der Waals surface area contributed by atoms with Crippen LogP contribution in [0.25, 0.3) is 0 Å². The number of hydrogen-bond donors (Lipinski definition) is 1. The zero-order valence-electron chi connectivity index (χ0n) is 8.22. The van der Waals surface area contributed by atoms with Crippen molar-refractivity contribution in [1.82, 2.24) is 5.32 Å². The van der Waals surface area contributed by atoms with Gasteiger partial charge in [-0.2, -0.15) is 0 Å². The first-order valence-electron chi connectivity index (χ1n) is 3.77. The zero-order chi connectivity index (χ0) is 10.5. The lowest BCUT2D eigenvalue weighted by Crippen LogP contribution is -2.39. The van der Waals surface area contributed by atoms with Crippen molar-refractivity contribution in [3.63, 3.8) is 0 Å². The summed E-state index contributed by atoms with van der Waals surface area (Å²) in [6, 6.07) is 0. The molecule has 13 heavy (non-hydrogen) atoms. The number of carbonyl (C=O) groups is 2. The standard InChI is InChI=1S/C9H13NO3/c1-9(2,3)10-7(11)5-6-8(12)13-4/h1-4H3,(H,10,11). The lowest BCUT2D eigenvalue weighted by molar-refractivity contribution is -0.134. The Bertz CT molecular complexity index is 265. The molecule has 0 aromatic carbocycles. The number of carbonyl (C=O) groups excluding carboxylic acids is 2. The van der Waals surface area contributed by atoms with Gasteiger partial charge in [-0.05, 0) is 20.8 Å². The Balaban J connectivity index is 4.14. The molecule has 4 nitrogen and oxygen atoms in total. The van der Waals surface area contributed by atoms with E-state index >= 15 is 0 Å². The lowest BCUT2D eigenvalue weighted by Gasteiger charge is -2.17. The number of amides is 1. The van der Waals surface area contributed by atoms with Crippen molar-refractivity contribution in [2.24, 2.45) is 0 Å². The molecule has 0 aliphatic heterocycles. The third-order valence-corrected chi connectivity index (χ3v) is 0.952. The number of rotatable bonds is 0. The third-order valence-electron chi connectivity index (χ3n) is 0.952. The second-order valence-electron chi connectivity index (χ2n) is 3.45. The van der Waals surface area contributed by atoms with E-state index in [0.717, 1.165) is 0 Å². The Hall–Kier alpha value is -1.50. The summed E-state index contributed by atoms with van der Waals surface area (Å²) in [6.45, 7) is 5.47. The van der Waals surface area contributed by atoms with E-state index in [-0.39, 0.29) is 5.54 Å². The molecule has 0 spiro atoms. The maximum absolute atomic E-state index is 11.0. The van der Waals surface area contributed by atoms with Crippen LogP contribution in [0, 0.1) is 11.8 Å². The number of methoxy groups -OCH3 is 1. The number of esters is 1. The molecule has 0 atom stereocenters. The molecule has 0 aliphatic rings. The molecular weight excluding hydrogens is 170 g/mol. The van der Waals surface area contributed by atoms with Crippen molar-refractivity contribution in [3.8, 4) is 11.8 Å². The minimum Gasteiger partial charge on any atom is -0.459 e. The molecule has 0 heterocycles. The Morgan fingerprint density at radius 2 is 1.77 bits per heavy atom. The summed E-state index contributed by atoms with van der Waals surface area (Å²) in [4.78, 5) is 21.5. The van der Waals surface area contributed by atoms with Crippen LogP contribution >= 0.6 is 0 Å². The molecule has 1 amide bonds. The average Bonchev–Trinajstić information content (AvgIpc) is 1.97. The minimum absolute atomic E-state index is 0.345. The van der Waals surface area contributed by atoms with Gasteiger partial charge in [0.25, 0.3) is 5.91 Å². The van der Waals surface area contributed by atoms with Crippen LogP contribution in [-0.2, 0) is 14.3 Å². The highest BCUT2D eigenvalue weighted by molar-refractivity contribution is 6.00. The van der Waals surface area contributed by atoms with Crippen LogP contribution in [0.4, 0.5) is 0 Å². The summed E-state index contributed by atoms with van der Waals surface area (Å²) < 4.78 is 4.24. The second-order valence-corrected chi connectivity index (χ2v) is 3.45. The van der Waals surface area contributed by atoms with Gasteiger partial charge in [-0.3, -0.25) is 4.79 Å². The normalized spacial score (nSPS) is 9.54. The molecule has 0 saturated heterocycles. The fraction of sp³-hybridized carbons (Fsp3) is 0.556. The highest BCUT2D eigenvalue weighted by atomic mass is 16.5. The van der Waals surface area contributed by atoms with Gasteiger partial charge in [-0.25, -0.2) is 4.79 Å². The molecule has 0 bridgehead atoms. The van der Waals surface area contributed by atoms with Gasteiger partial charge in [0.2, 0.25) is 0 Å². The van der Waals surface area contributed by atoms with E-state index in [2.05, 4.69) is 16.0 Å². The molecule has 0 fully saturated rings. The van der Waals surface area contributed by atoms with E-state index < -0.39 is 11.9 Å². The molecule has 0 unspecified atom stereocenters. The van der Waals surface area contributed by atoms with Crippen LogP contribution in [0.1, 0.15) is 20.8 Å². The quantitative estimate of drug-likeness (QED) is 0.328. The second kappa shape index (κ2) is 4.51. The highest BCUT2D eigenvalue weighted by Gasteiger charge is 2.11. The van der Waals surface area contributed by atoms with E-state index in [9.17, 15) is 9.59 Å². The Kier molecular flexibility index (Phi) is 3.99. The Morgan fingerprint density at radius 3 is 2.15 bits per heavy atom. The summed E-state index contributed by atoms with van der Waals surface area (Å²) in [7, 11) is 1.21. The predicted molar refractivity (Wildman–Crippen MR) is 47.7 cm³/mol. The first-order valence-corrected chi connectivity index (χ1v) is 3.77. The molecule has 0 saturated carbocycles. The topological polar surface area (TPSA) is 55.4 Å². The molecule has 0 aromatic heterocycles. The molecule has 0 aromatic rings. The van der Waals surface area contributed by atoms with Gasteiger partial charge in [-0.15, -0.1) is 0 Å². The molecule has 0 rings (SSSR count). The maximum Gasteiger partial charge on any atom is 0.384 e. The maximum atomic E-state index is 11.0. The molecule has 0 aliphatic carbocycles. The first-order chi connectivity index (χ1) is 5.85. The van der Waals surface area contributed by atoms with Crippen LogP contribution in [0.15, 0.2) is 0 Å². The zero-order valence-corrected chi connectivity index (χ0v) is 8.22. The number of ether oxygens (including phenoxy) is 1. The molecule has 1 N–H and O–H groups in total. The van der Waals surface area contributed by atoms with Gasteiger partial charge < -0.3 is 10.1 Å². The van der Waals surface area contributed by atoms with Gasteiger partial charge in [0.15, 0.2) is 0 Å². The summed E-state index contributed by atoms with van der Waals surface area (Å²) >= 11 is 0. The smallest absolute Gasteiger partial charge is 0.384 e. The van der Waals surface area contributed by atoms with E-state index in [1.807, 2.05) is 26.7 Å². The average molecular weight is 183 g/mol. The minimum atomic E-state index is -0.718. The lowest BCUT2D eigenvalue weighted by atomic mass is 10.1. The van der Waals surface area contributed by atoms with Crippen LogP contribution in [0.3, 0.4) is 0 Å². The van der Waals surface area contributed by atoms with Crippen LogP contribution in [0.5, 0.6) is 0 Å². The Morgan fingerprint density at radius 1 is 1.23 bits per heavy atom. The fourth-order valence-electron chi connectivity index (χ4n) is 0.531. The molecule has 0 radical (unpaired) electrons. The Labute approximate surface area is 77.6 Å². The molecule has 72 valence electrons. The van der Waals surface area contributed by atoms with E-state index in [1.165, 1.54) is 7.11 Å². The summed E-state index contributed by atoms with van der Waals surface area (Å²) in [5.41, 5.74) is -0.345. The van der Waals surface area contributed by atoms with Gasteiger partial charge in [-0.1, -0.05) is 0 Å². The monoisotopic (exact) mass is 183 g/mol. The largest absolute Gasteiger partial charge is 0.459 e. The van der Waals surface area contributed by atoms with Gasteiger partial charge >= 0.3 is 5.97 Å². The summed E-state index contributed by atoms with van der Waals surface area (Å²) in [6.07, 6.45) is 0. The van der Waals surface area contributed by atoms with Gasteiger partial charge in [0.1, 0.15) is 0 Å². The number of nitrogens with one attached hydrogen (secondary N) is 1. The van der Waals surface area contributed by atoms with Crippen molar-refractivity contribution in [3.05, 3.63) is 0 Å². The van der Waals surface area contributed by atoms with Gasteiger partial charge in [0.05, 0.1) is 7.11 Å². The van der Waals surface area contributed by atoms with Crippen LogP contribution in [-0.4, -0.2) is 24.5 Å². The van der Waals surface area contributed by atoms with Crippen molar-refractivity contribution >= 4 is 11.9 Å². The fourth-order valence-corrected chi connectivity index (χ4v) is 0.531. The highest BCUT2D eigenvalue weighted by Crippen LogP contribution is 1.96. The van der Waals surface area contributed by atoms with Gasteiger partial charge in [0, 0.05) is 17.4 Å². The first kappa shape index (κ1) is 11.5. The van der Waals surface area contributed by atoms with Crippen LogP contribution in [0.2, 0.25) is 0 Å². The third kappa shape index (κ3) is 6.88. The van der Waals surface area contributed by atoms with E-state index in [4.69, 9.17) is 0 Å². The van der Waals surface area contributed by atoms with Crippen molar-refractivity contribution in [2.75, 3.05) is 7.11 Å². The van der Waals surface area contributed by atoms with Crippen molar-refractivity contribution in [2.45, 2.75) is 26.3 Å². The van der Waals surface area contributed by atoms with E-state index in [1.54, 1.807) is 0 Å². The number of hydrogen-bond acceptors (Lipinski definition) is 3. The van der Waals surface area contributed by atoms with Crippen molar-refractivity contribution in [1.29, 1.82) is 0 Å². The summed E-state index contributed by atoms with van der Waals surface area (Å²) in [5, 5.41) is 2.58. The molecular formula is C9H13NO3. The van der Waals surface area contributed by atoms with E-state index in [0.29, 0.717) is 0 Å². The summed E-state index contributed by atoms with van der Waals surface area (Å²) in [5.74, 6) is 2.94. The van der Waals surface area contributed by atoms with Crippen molar-refractivity contribution < 1.29 is 14.3 Å².